The van der Waals surface area contributed by atoms with Crippen molar-refractivity contribution in [3.05, 3.63) is 57.6 Å². The van der Waals surface area contributed by atoms with Crippen LogP contribution < -0.4 is 16.2 Å². The van der Waals surface area contributed by atoms with Crippen molar-refractivity contribution >= 4 is 59.3 Å². The Labute approximate surface area is 231 Å². The first-order valence-corrected chi connectivity index (χ1v) is 12.8. The second-order valence-electron chi connectivity index (χ2n) is 8.96. The number of nitriles is 1. The standard InChI is InChI=1S/C25H27N7O2S.2ClH/c1-31-23(34)5-3-20-24(31)19(16(12-26)13-28-20)8-11-32-9-6-17(7-10-32)27-14-18-2-4-21-25(29-18)30-22(33)15-35-21;;/h2-5,13,17,27H,6-11,14-15H2,1H3,(H,29,30,33);2*1H. The molecule has 0 aromatic carbocycles. The maximum atomic E-state index is 12.2. The van der Waals surface area contributed by atoms with Gasteiger partial charge in [0.15, 0.2) is 0 Å². The zero-order chi connectivity index (χ0) is 24.4. The molecule has 0 saturated carbocycles. The molecule has 196 valence electrons. The van der Waals surface area contributed by atoms with Gasteiger partial charge in [-0.15, -0.1) is 36.6 Å². The van der Waals surface area contributed by atoms with Crippen molar-refractivity contribution in [2.24, 2.45) is 7.05 Å². The number of piperidine rings is 1. The highest BCUT2D eigenvalue weighted by Crippen LogP contribution is 2.29. The lowest BCUT2D eigenvalue weighted by molar-refractivity contribution is -0.113. The van der Waals surface area contributed by atoms with Gasteiger partial charge in [-0.25, -0.2) is 4.98 Å². The Morgan fingerprint density at radius 1 is 1.19 bits per heavy atom. The summed E-state index contributed by atoms with van der Waals surface area (Å²) >= 11 is 1.52. The van der Waals surface area contributed by atoms with Gasteiger partial charge in [-0.1, -0.05) is 0 Å². The van der Waals surface area contributed by atoms with Gasteiger partial charge in [-0.05, 0) is 56.1 Å². The second kappa shape index (κ2) is 12.7. The van der Waals surface area contributed by atoms with Crippen molar-refractivity contribution in [2.45, 2.75) is 36.7 Å². The Bertz CT molecular complexity index is 1380. The van der Waals surface area contributed by atoms with Crippen LogP contribution in [0.15, 0.2) is 40.2 Å². The predicted octanol–water partition coefficient (Wildman–Crippen LogP) is 2.88. The number of thioether (sulfide) groups is 1. The number of anilines is 1. The van der Waals surface area contributed by atoms with Crippen LogP contribution in [0.2, 0.25) is 0 Å². The maximum Gasteiger partial charge on any atom is 0.250 e. The molecular weight excluding hydrogens is 533 g/mol. The summed E-state index contributed by atoms with van der Waals surface area (Å²) in [4.78, 5) is 36.2. The molecule has 0 aliphatic carbocycles. The van der Waals surface area contributed by atoms with Crippen molar-refractivity contribution < 1.29 is 4.79 Å². The van der Waals surface area contributed by atoms with E-state index in [0.717, 1.165) is 59.7 Å². The van der Waals surface area contributed by atoms with Gasteiger partial charge in [0.1, 0.15) is 11.9 Å². The number of hydrogen-bond acceptors (Lipinski definition) is 8. The highest BCUT2D eigenvalue weighted by molar-refractivity contribution is 8.00. The molecule has 5 rings (SSSR count). The average molecular weight is 563 g/mol. The number of amides is 1. The number of carbonyl (C=O) groups is 1. The summed E-state index contributed by atoms with van der Waals surface area (Å²) in [6.07, 6.45) is 4.35. The van der Waals surface area contributed by atoms with Gasteiger partial charge in [0.2, 0.25) is 5.91 Å². The highest BCUT2D eigenvalue weighted by atomic mass is 35.5. The van der Waals surface area contributed by atoms with Crippen molar-refractivity contribution in [3.8, 4) is 6.07 Å². The minimum atomic E-state index is -0.0999. The molecule has 1 saturated heterocycles. The molecule has 0 atom stereocenters. The Morgan fingerprint density at radius 3 is 2.73 bits per heavy atom. The number of likely N-dealkylation sites (tertiary alicyclic amines) is 1. The molecule has 12 heteroatoms. The van der Waals surface area contributed by atoms with Crippen LogP contribution in [0.3, 0.4) is 0 Å². The number of hydrogen-bond donors (Lipinski definition) is 2. The topological polar surface area (TPSA) is 116 Å². The van der Waals surface area contributed by atoms with Crippen molar-refractivity contribution in [2.75, 3.05) is 30.7 Å². The molecule has 5 heterocycles. The van der Waals surface area contributed by atoms with E-state index in [2.05, 4.69) is 31.6 Å². The van der Waals surface area contributed by atoms with Gasteiger partial charge in [-0.3, -0.25) is 14.6 Å². The summed E-state index contributed by atoms with van der Waals surface area (Å²) in [5, 5.41) is 16.1. The fourth-order valence-electron chi connectivity index (χ4n) is 4.76. The lowest BCUT2D eigenvalue weighted by Gasteiger charge is -2.32. The summed E-state index contributed by atoms with van der Waals surface area (Å²) in [5.74, 6) is 1.10. The summed E-state index contributed by atoms with van der Waals surface area (Å²) in [5.41, 5.74) is 3.73. The predicted molar refractivity (Wildman–Crippen MR) is 150 cm³/mol. The van der Waals surface area contributed by atoms with E-state index in [0.29, 0.717) is 36.1 Å². The Hall–Kier alpha value is -2.68. The fraction of sp³-hybridized carbons (Fsp3) is 0.400. The summed E-state index contributed by atoms with van der Waals surface area (Å²) < 4.78 is 1.59. The number of fused-ring (bicyclic) bond motifs is 2. The molecule has 37 heavy (non-hydrogen) atoms. The van der Waals surface area contributed by atoms with E-state index >= 15 is 0 Å². The van der Waals surface area contributed by atoms with E-state index in [4.69, 9.17) is 0 Å². The maximum absolute atomic E-state index is 12.2. The smallest absolute Gasteiger partial charge is 0.250 e. The highest BCUT2D eigenvalue weighted by Gasteiger charge is 2.21. The third kappa shape index (κ3) is 6.43. The van der Waals surface area contributed by atoms with Gasteiger partial charge in [0.25, 0.3) is 5.56 Å². The molecule has 0 radical (unpaired) electrons. The molecule has 0 unspecified atom stereocenters. The second-order valence-corrected chi connectivity index (χ2v) is 9.98. The van der Waals surface area contributed by atoms with Gasteiger partial charge >= 0.3 is 0 Å². The quantitative estimate of drug-likeness (QED) is 0.472. The van der Waals surface area contributed by atoms with Crippen molar-refractivity contribution in [1.29, 1.82) is 5.26 Å². The number of nitrogens with one attached hydrogen (secondary N) is 2. The van der Waals surface area contributed by atoms with E-state index < -0.39 is 0 Å². The molecule has 0 spiro atoms. The van der Waals surface area contributed by atoms with Crippen LogP contribution in [0, 0.1) is 11.3 Å². The molecular formula is C25H29Cl2N7O2S. The van der Waals surface area contributed by atoms with Gasteiger partial charge in [0, 0.05) is 38.4 Å². The Balaban J connectivity index is 0.00000190. The lowest BCUT2D eigenvalue weighted by Crippen LogP contribution is -2.43. The number of carbonyl (C=O) groups excluding carboxylic acids is 1. The summed E-state index contributed by atoms with van der Waals surface area (Å²) in [6, 6.07) is 9.94. The zero-order valence-electron chi connectivity index (χ0n) is 20.4. The van der Waals surface area contributed by atoms with E-state index in [1.165, 1.54) is 17.8 Å². The number of pyridine rings is 3. The molecule has 1 amide bonds. The molecule has 2 aliphatic rings. The minimum Gasteiger partial charge on any atom is -0.310 e. The van der Waals surface area contributed by atoms with Gasteiger partial charge in [0.05, 0.1) is 32.9 Å². The van der Waals surface area contributed by atoms with Gasteiger partial charge in [-0.2, -0.15) is 5.26 Å². The SMILES string of the molecule is Cl.Cl.Cn1c(=O)ccc2ncc(C#N)c(CCN3CCC(NCc4ccc5c(n4)NC(=O)CS5)CC3)c21. The molecule has 9 nitrogen and oxygen atoms in total. The first-order chi connectivity index (χ1) is 17.0. The Morgan fingerprint density at radius 2 is 1.97 bits per heavy atom. The van der Waals surface area contributed by atoms with Crippen LogP contribution in [0.5, 0.6) is 0 Å². The van der Waals surface area contributed by atoms with E-state index in [-0.39, 0.29) is 36.3 Å². The van der Waals surface area contributed by atoms with Crippen LogP contribution in [-0.2, 0) is 24.8 Å². The lowest BCUT2D eigenvalue weighted by atomic mass is 10.0. The summed E-state index contributed by atoms with van der Waals surface area (Å²) in [7, 11) is 1.73. The third-order valence-electron chi connectivity index (χ3n) is 6.73. The third-order valence-corrected chi connectivity index (χ3v) is 7.77. The largest absolute Gasteiger partial charge is 0.310 e. The van der Waals surface area contributed by atoms with Gasteiger partial charge < -0.3 is 20.1 Å². The van der Waals surface area contributed by atoms with Crippen LogP contribution in [-0.4, -0.2) is 56.8 Å². The number of rotatable bonds is 6. The first kappa shape index (κ1) is 28.9. The summed E-state index contributed by atoms with van der Waals surface area (Å²) in [6.45, 7) is 3.42. The van der Waals surface area contributed by atoms with Crippen LogP contribution in [0.4, 0.5) is 5.82 Å². The zero-order valence-corrected chi connectivity index (χ0v) is 22.8. The average Bonchev–Trinajstić information content (AvgIpc) is 2.88. The first-order valence-electron chi connectivity index (χ1n) is 11.8. The number of aromatic nitrogens is 3. The van der Waals surface area contributed by atoms with Crippen molar-refractivity contribution in [1.82, 2.24) is 24.8 Å². The molecule has 1 fully saturated rings. The molecule has 2 aliphatic heterocycles. The molecule has 3 aromatic heterocycles. The van der Waals surface area contributed by atoms with Crippen LogP contribution >= 0.6 is 36.6 Å². The van der Waals surface area contributed by atoms with Crippen LogP contribution in [0.1, 0.15) is 29.7 Å². The molecule has 3 aromatic rings. The number of aryl methyl sites for hydroxylation is 1. The minimum absolute atomic E-state index is 0. The van der Waals surface area contributed by atoms with E-state index in [9.17, 15) is 14.9 Å². The molecule has 0 bridgehead atoms. The van der Waals surface area contributed by atoms with E-state index in [1.54, 1.807) is 23.9 Å². The normalized spacial score (nSPS) is 15.7. The number of nitrogens with zero attached hydrogens (tertiary/aromatic N) is 5. The Kier molecular flexibility index (Phi) is 9.93. The van der Waals surface area contributed by atoms with Crippen molar-refractivity contribution in [3.63, 3.8) is 0 Å². The van der Waals surface area contributed by atoms with E-state index in [1.807, 2.05) is 12.1 Å². The molecule has 2 N–H and O–H groups in total. The fourth-order valence-corrected chi connectivity index (χ4v) is 5.51. The number of halogens is 2. The van der Waals surface area contributed by atoms with Crippen LogP contribution in [0.25, 0.3) is 11.0 Å². The monoisotopic (exact) mass is 561 g/mol.